The van der Waals surface area contributed by atoms with E-state index in [1.54, 1.807) is 33.4 Å². The van der Waals surface area contributed by atoms with Crippen LogP contribution in [0.1, 0.15) is 42.9 Å². The van der Waals surface area contributed by atoms with Gasteiger partial charge in [0.15, 0.2) is 5.75 Å². The summed E-state index contributed by atoms with van der Waals surface area (Å²) in [6.07, 6.45) is 2.51. The van der Waals surface area contributed by atoms with Crippen molar-refractivity contribution in [2.45, 2.75) is 44.4 Å². The predicted octanol–water partition coefficient (Wildman–Crippen LogP) is 4.51. The Morgan fingerprint density at radius 2 is 1.80 bits per heavy atom. The number of halogens is 2. The van der Waals surface area contributed by atoms with Gasteiger partial charge in [0.2, 0.25) is 0 Å². The normalized spacial score (nSPS) is 19.0. The van der Waals surface area contributed by atoms with E-state index < -0.39 is 0 Å². The lowest BCUT2D eigenvalue weighted by Gasteiger charge is -2.26. The van der Waals surface area contributed by atoms with E-state index in [2.05, 4.69) is 6.07 Å². The Morgan fingerprint density at radius 1 is 1.13 bits per heavy atom. The molecule has 0 bridgehead atoms. The van der Waals surface area contributed by atoms with E-state index in [9.17, 15) is 15.2 Å². The molecule has 30 heavy (non-hydrogen) atoms. The molecule has 0 unspecified atom stereocenters. The number of imidazole rings is 1. The fourth-order valence-electron chi connectivity index (χ4n) is 4.25. The van der Waals surface area contributed by atoms with Crippen LogP contribution >= 0.6 is 23.2 Å². The van der Waals surface area contributed by atoms with Crippen LogP contribution in [0, 0.1) is 11.3 Å². The van der Waals surface area contributed by atoms with Crippen LogP contribution in [-0.2, 0) is 6.54 Å². The standard InChI is InChI=1S/C22H21Cl2N3O3/c1-30-21-17(23)8-14(9-18(21)24)12-26-20-10-13(11-25)2-7-19(20)27(22(26)29)15-3-5-16(28)6-4-15/h2,7-10,15-16,28H,3-6,12H2,1H3. The van der Waals surface area contributed by atoms with Gasteiger partial charge in [-0.15, -0.1) is 0 Å². The number of benzene rings is 2. The fraction of sp³-hybridized carbons (Fsp3) is 0.364. The van der Waals surface area contributed by atoms with Crippen molar-refractivity contribution in [1.29, 1.82) is 5.26 Å². The maximum Gasteiger partial charge on any atom is 0.329 e. The second kappa shape index (κ2) is 8.35. The van der Waals surface area contributed by atoms with Crippen molar-refractivity contribution in [2.75, 3.05) is 7.11 Å². The van der Waals surface area contributed by atoms with Gasteiger partial charge in [0, 0.05) is 6.04 Å². The van der Waals surface area contributed by atoms with Crippen LogP contribution < -0.4 is 10.4 Å². The van der Waals surface area contributed by atoms with Gasteiger partial charge in [-0.1, -0.05) is 23.2 Å². The molecular formula is C22H21Cl2N3O3. The Bertz CT molecular complexity index is 1180. The lowest BCUT2D eigenvalue weighted by Crippen LogP contribution is -2.31. The van der Waals surface area contributed by atoms with E-state index in [4.69, 9.17) is 27.9 Å². The highest BCUT2D eigenvalue weighted by atomic mass is 35.5. The number of rotatable bonds is 4. The van der Waals surface area contributed by atoms with Crippen molar-refractivity contribution < 1.29 is 9.84 Å². The molecule has 8 heteroatoms. The zero-order valence-corrected chi connectivity index (χ0v) is 18.0. The van der Waals surface area contributed by atoms with Crippen LogP contribution in [0.15, 0.2) is 35.1 Å². The smallest absolute Gasteiger partial charge is 0.329 e. The largest absolute Gasteiger partial charge is 0.494 e. The van der Waals surface area contributed by atoms with Gasteiger partial charge >= 0.3 is 5.69 Å². The molecule has 6 nitrogen and oxygen atoms in total. The van der Waals surface area contributed by atoms with E-state index in [1.165, 1.54) is 7.11 Å². The molecule has 156 valence electrons. The van der Waals surface area contributed by atoms with Crippen LogP contribution in [0.3, 0.4) is 0 Å². The average molecular weight is 446 g/mol. The molecule has 1 aliphatic rings. The molecule has 3 aromatic rings. The highest BCUT2D eigenvalue weighted by molar-refractivity contribution is 6.37. The highest BCUT2D eigenvalue weighted by Crippen LogP contribution is 2.35. The monoisotopic (exact) mass is 445 g/mol. The molecule has 1 fully saturated rings. The zero-order chi connectivity index (χ0) is 21.4. The van der Waals surface area contributed by atoms with Gasteiger partial charge in [-0.25, -0.2) is 4.79 Å². The molecule has 0 saturated heterocycles. The Balaban J connectivity index is 1.84. The summed E-state index contributed by atoms with van der Waals surface area (Å²) in [6.45, 7) is 0.260. The van der Waals surface area contributed by atoms with Crippen LogP contribution in [0.2, 0.25) is 10.0 Å². The van der Waals surface area contributed by atoms with E-state index >= 15 is 0 Å². The molecule has 0 amide bonds. The van der Waals surface area contributed by atoms with E-state index in [1.807, 2.05) is 6.07 Å². The summed E-state index contributed by atoms with van der Waals surface area (Å²) >= 11 is 12.6. The number of nitrogens with zero attached hydrogens (tertiary/aromatic N) is 3. The zero-order valence-electron chi connectivity index (χ0n) is 16.4. The van der Waals surface area contributed by atoms with Gasteiger partial charge in [-0.2, -0.15) is 5.26 Å². The number of aromatic nitrogens is 2. The quantitative estimate of drug-likeness (QED) is 0.640. The Morgan fingerprint density at radius 3 is 2.40 bits per heavy atom. The van der Waals surface area contributed by atoms with E-state index in [0.717, 1.165) is 23.9 Å². The second-order valence-electron chi connectivity index (χ2n) is 7.61. The third-order valence-electron chi connectivity index (χ3n) is 5.73. The second-order valence-corrected chi connectivity index (χ2v) is 8.42. The van der Waals surface area contributed by atoms with Crippen molar-refractivity contribution in [3.8, 4) is 11.8 Å². The summed E-state index contributed by atoms with van der Waals surface area (Å²) in [6, 6.07) is 10.9. The van der Waals surface area contributed by atoms with Crippen molar-refractivity contribution in [2.24, 2.45) is 0 Å². The molecular weight excluding hydrogens is 425 g/mol. The third-order valence-corrected chi connectivity index (χ3v) is 6.29. The summed E-state index contributed by atoms with van der Waals surface area (Å²) in [5, 5.41) is 19.9. The minimum atomic E-state index is -0.306. The molecule has 4 rings (SSSR count). The molecule has 0 radical (unpaired) electrons. The lowest BCUT2D eigenvalue weighted by atomic mass is 9.93. The molecule has 1 saturated carbocycles. The van der Waals surface area contributed by atoms with Gasteiger partial charge in [0.05, 0.1) is 52.5 Å². The average Bonchev–Trinajstić information content (AvgIpc) is 2.99. The van der Waals surface area contributed by atoms with Crippen molar-refractivity contribution in [3.05, 3.63) is 62.0 Å². The van der Waals surface area contributed by atoms with Gasteiger partial charge in [-0.05, 0) is 61.6 Å². The van der Waals surface area contributed by atoms with Gasteiger partial charge in [-0.3, -0.25) is 9.13 Å². The van der Waals surface area contributed by atoms with E-state index in [0.29, 0.717) is 39.7 Å². The fourth-order valence-corrected chi connectivity index (χ4v) is 4.94. The third kappa shape index (κ3) is 3.69. The first kappa shape index (κ1) is 20.8. The molecule has 1 aliphatic carbocycles. The van der Waals surface area contributed by atoms with Crippen LogP contribution in [0.5, 0.6) is 5.75 Å². The first-order chi connectivity index (χ1) is 14.4. The summed E-state index contributed by atoms with van der Waals surface area (Å²) < 4.78 is 8.65. The number of methoxy groups -OCH3 is 1. The maximum atomic E-state index is 13.5. The molecule has 2 aromatic carbocycles. The number of aliphatic hydroxyl groups is 1. The minimum absolute atomic E-state index is 0.0145. The highest BCUT2D eigenvalue weighted by Gasteiger charge is 2.26. The Hall–Kier alpha value is -2.46. The first-order valence-electron chi connectivity index (χ1n) is 9.77. The number of hydrogen-bond acceptors (Lipinski definition) is 4. The van der Waals surface area contributed by atoms with Crippen LogP contribution in [-0.4, -0.2) is 27.5 Å². The number of ether oxygens (including phenoxy) is 1. The summed E-state index contributed by atoms with van der Waals surface area (Å²) in [4.78, 5) is 13.5. The van der Waals surface area contributed by atoms with Crippen LogP contribution in [0.25, 0.3) is 11.0 Å². The molecule has 0 atom stereocenters. The van der Waals surface area contributed by atoms with Gasteiger partial charge in [0.25, 0.3) is 0 Å². The topological polar surface area (TPSA) is 80.2 Å². The number of aliphatic hydroxyl groups excluding tert-OH is 1. The van der Waals surface area contributed by atoms with Crippen molar-refractivity contribution >= 4 is 34.2 Å². The minimum Gasteiger partial charge on any atom is -0.494 e. The maximum absolute atomic E-state index is 13.5. The number of fused-ring (bicyclic) bond motifs is 1. The molecule has 0 aliphatic heterocycles. The summed E-state index contributed by atoms with van der Waals surface area (Å²) in [5.41, 5.74) is 2.57. The van der Waals surface area contributed by atoms with E-state index in [-0.39, 0.29) is 24.4 Å². The summed E-state index contributed by atoms with van der Waals surface area (Å²) in [5.74, 6) is 0.393. The first-order valence-corrected chi connectivity index (χ1v) is 10.5. The van der Waals surface area contributed by atoms with Crippen molar-refractivity contribution in [3.63, 3.8) is 0 Å². The number of hydrogen-bond donors (Lipinski definition) is 1. The van der Waals surface area contributed by atoms with Crippen molar-refractivity contribution in [1.82, 2.24) is 9.13 Å². The lowest BCUT2D eigenvalue weighted by molar-refractivity contribution is 0.110. The number of nitriles is 1. The Labute approximate surface area is 183 Å². The van der Waals surface area contributed by atoms with Gasteiger partial charge in [0.1, 0.15) is 0 Å². The Kier molecular flexibility index (Phi) is 5.79. The molecule has 1 aromatic heterocycles. The molecule has 1 heterocycles. The summed E-state index contributed by atoms with van der Waals surface area (Å²) in [7, 11) is 1.50. The van der Waals surface area contributed by atoms with Gasteiger partial charge < -0.3 is 9.84 Å². The van der Waals surface area contributed by atoms with Crippen LogP contribution in [0.4, 0.5) is 0 Å². The SMILES string of the molecule is COc1c(Cl)cc(Cn2c(=O)n(C3CCC(O)CC3)c3ccc(C#N)cc32)cc1Cl. The molecule has 1 N–H and O–H groups in total. The predicted molar refractivity (Wildman–Crippen MR) is 117 cm³/mol. The molecule has 0 spiro atoms.